The zero-order valence-electron chi connectivity index (χ0n) is 23.6. The van der Waals surface area contributed by atoms with E-state index in [-0.39, 0.29) is 0 Å². The molecule has 0 aliphatic heterocycles. The molecule has 3 heteroatoms. The summed E-state index contributed by atoms with van der Waals surface area (Å²) < 4.78 is 0. The van der Waals surface area contributed by atoms with E-state index in [9.17, 15) is 0 Å². The van der Waals surface area contributed by atoms with Crippen molar-refractivity contribution in [2.45, 2.75) is 0 Å². The Morgan fingerprint density at radius 1 is 0.372 bits per heavy atom. The molecule has 0 N–H and O–H groups in total. The molecule has 0 heterocycles. The minimum absolute atomic E-state index is 0.783. The number of para-hydroxylation sites is 1. The van der Waals surface area contributed by atoms with Gasteiger partial charge >= 0.3 is 0 Å². The molecule has 0 aliphatic carbocycles. The first-order chi connectivity index (χ1) is 21.3. The summed E-state index contributed by atoms with van der Waals surface area (Å²) in [5.41, 5.74) is 4.74. The van der Waals surface area contributed by atoms with Gasteiger partial charge in [0.15, 0.2) is 0 Å². The highest BCUT2D eigenvalue weighted by Crippen LogP contribution is 2.33. The zero-order valence-corrected chi connectivity index (χ0v) is 23.6. The Hall–Kier alpha value is -5.80. The molecule has 43 heavy (non-hydrogen) atoms. The van der Waals surface area contributed by atoms with Gasteiger partial charge in [0.2, 0.25) is 0 Å². The molecule has 0 spiro atoms. The number of benzene rings is 7. The van der Waals surface area contributed by atoms with E-state index >= 15 is 0 Å². The van der Waals surface area contributed by atoms with Crippen LogP contribution in [0.15, 0.2) is 186 Å². The summed E-state index contributed by atoms with van der Waals surface area (Å²) in [6.07, 6.45) is 0. The summed E-state index contributed by atoms with van der Waals surface area (Å²) in [6.45, 7) is 0. The third-order valence-corrected chi connectivity index (χ3v) is 7.48. The summed E-state index contributed by atoms with van der Waals surface area (Å²) in [5, 5.41) is 4.50. The first-order valence-corrected chi connectivity index (χ1v) is 14.4. The van der Waals surface area contributed by atoms with E-state index < -0.39 is 0 Å². The molecular weight excluding hydrogens is 522 g/mol. The van der Waals surface area contributed by atoms with Crippen molar-refractivity contribution in [2.24, 2.45) is 9.98 Å². The van der Waals surface area contributed by atoms with E-state index in [1.807, 2.05) is 42.5 Å². The van der Waals surface area contributed by atoms with Crippen LogP contribution in [0.4, 0.5) is 17.1 Å². The number of fused-ring (bicyclic) bond motifs is 2. The van der Waals surface area contributed by atoms with Gasteiger partial charge < -0.3 is 0 Å². The summed E-state index contributed by atoms with van der Waals surface area (Å²) in [6, 6.07) is 60.5. The van der Waals surface area contributed by atoms with E-state index in [0.717, 1.165) is 61.4 Å². The quantitative estimate of drug-likeness (QED) is 0.154. The summed E-state index contributed by atoms with van der Waals surface area (Å²) in [7, 11) is 0. The van der Waals surface area contributed by atoms with E-state index in [4.69, 9.17) is 9.98 Å². The number of hydrogen-bond donors (Lipinski definition) is 0. The Balaban J connectivity index is 1.59. The molecule has 0 saturated carbocycles. The van der Waals surface area contributed by atoms with Crippen LogP contribution in [0.25, 0.3) is 21.5 Å². The lowest BCUT2D eigenvalue weighted by Crippen LogP contribution is -2.38. The van der Waals surface area contributed by atoms with Gasteiger partial charge in [-0.05, 0) is 35.0 Å². The van der Waals surface area contributed by atoms with Gasteiger partial charge in [0.1, 0.15) is 11.7 Å². The number of amidine groups is 2. The Labute approximate surface area is 251 Å². The third-order valence-electron chi connectivity index (χ3n) is 7.48. The lowest BCUT2D eigenvalue weighted by Gasteiger charge is -2.29. The molecule has 0 saturated heterocycles. The van der Waals surface area contributed by atoms with Gasteiger partial charge in [-0.25, -0.2) is 9.98 Å². The second-order valence-corrected chi connectivity index (χ2v) is 10.3. The molecule has 0 amide bonds. The summed E-state index contributed by atoms with van der Waals surface area (Å²) in [4.78, 5) is 13.0. The van der Waals surface area contributed by atoms with Crippen LogP contribution in [0.5, 0.6) is 0 Å². The Kier molecular flexibility index (Phi) is 7.27. The highest BCUT2D eigenvalue weighted by molar-refractivity contribution is 6.32. The molecule has 0 radical (unpaired) electrons. The maximum absolute atomic E-state index is 5.49. The molecular formula is C40H29N3. The van der Waals surface area contributed by atoms with Gasteiger partial charge in [0, 0.05) is 21.9 Å². The molecule has 7 aromatic rings. The van der Waals surface area contributed by atoms with Gasteiger partial charge in [-0.3, -0.25) is 4.90 Å². The molecule has 0 atom stereocenters. The normalized spacial score (nSPS) is 12.0. The molecule has 0 fully saturated rings. The van der Waals surface area contributed by atoms with Crippen molar-refractivity contribution in [3.63, 3.8) is 0 Å². The molecule has 3 nitrogen and oxygen atoms in total. The van der Waals surface area contributed by atoms with Crippen LogP contribution in [0.2, 0.25) is 0 Å². The molecule has 7 rings (SSSR count). The maximum atomic E-state index is 5.49. The predicted molar refractivity (Wildman–Crippen MR) is 182 cm³/mol. The van der Waals surface area contributed by atoms with Crippen LogP contribution >= 0.6 is 0 Å². The van der Waals surface area contributed by atoms with Gasteiger partial charge in [-0.1, -0.05) is 152 Å². The number of rotatable bonds is 5. The minimum Gasteiger partial charge on any atom is -0.277 e. The van der Waals surface area contributed by atoms with Crippen molar-refractivity contribution in [3.8, 4) is 0 Å². The van der Waals surface area contributed by atoms with Gasteiger partial charge in [0.05, 0.1) is 17.1 Å². The van der Waals surface area contributed by atoms with Gasteiger partial charge in [-0.2, -0.15) is 0 Å². The molecule has 0 unspecified atom stereocenters. The fourth-order valence-corrected chi connectivity index (χ4v) is 5.44. The average molecular weight is 552 g/mol. The van der Waals surface area contributed by atoms with Crippen molar-refractivity contribution in [2.75, 3.05) is 4.90 Å². The van der Waals surface area contributed by atoms with Crippen molar-refractivity contribution in [1.29, 1.82) is 0 Å². The summed E-state index contributed by atoms with van der Waals surface area (Å²) >= 11 is 0. The lowest BCUT2D eigenvalue weighted by molar-refractivity contribution is 1.34. The van der Waals surface area contributed by atoms with Crippen LogP contribution in [0.1, 0.15) is 11.1 Å². The lowest BCUT2D eigenvalue weighted by atomic mass is 10.0. The SMILES string of the molecule is c1ccc(N=C(c2ccccc2)N(C(=Nc2cccc3ccccc23)c2ccccc2)c2cccc3ccccc23)cc1. The largest absolute Gasteiger partial charge is 0.277 e. The monoisotopic (exact) mass is 551 g/mol. The number of aliphatic imine (C=N–C) groups is 2. The number of anilines is 1. The Morgan fingerprint density at radius 3 is 1.49 bits per heavy atom. The first kappa shape index (κ1) is 26.1. The number of hydrogen-bond acceptors (Lipinski definition) is 2. The standard InChI is InChI=1S/C40H29N3/c1-4-18-32(19-5-1)39(41-34-24-8-3-9-25-34)43(38-29-15-23-31-17-11-13-27-36(31)38)40(33-20-6-2-7-21-33)42-37-28-14-22-30-16-10-12-26-35(30)37/h1-29H. The van der Waals surface area contributed by atoms with Crippen molar-refractivity contribution in [3.05, 3.63) is 187 Å². The third kappa shape index (κ3) is 5.44. The second-order valence-electron chi connectivity index (χ2n) is 10.3. The second kappa shape index (κ2) is 12.0. The number of nitrogens with zero attached hydrogens (tertiary/aromatic N) is 3. The Bertz CT molecular complexity index is 2050. The van der Waals surface area contributed by atoms with Crippen molar-refractivity contribution in [1.82, 2.24) is 0 Å². The molecule has 0 aromatic heterocycles. The topological polar surface area (TPSA) is 28.0 Å². The van der Waals surface area contributed by atoms with E-state index in [1.165, 1.54) is 0 Å². The van der Waals surface area contributed by atoms with Crippen LogP contribution < -0.4 is 4.90 Å². The van der Waals surface area contributed by atoms with Gasteiger partial charge in [0.25, 0.3) is 0 Å². The average Bonchev–Trinajstić information content (AvgIpc) is 3.09. The highest BCUT2D eigenvalue weighted by Gasteiger charge is 2.25. The minimum atomic E-state index is 0.783. The van der Waals surface area contributed by atoms with E-state index in [1.54, 1.807) is 0 Å². The van der Waals surface area contributed by atoms with Crippen LogP contribution in [-0.4, -0.2) is 11.7 Å². The van der Waals surface area contributed by atoms with E-state index in [2.05, 4.69) is 138 Å². The first-order valence-electron chi connectivity index (χ1n) is 14.4. The van der Waals surface area contributed by atoms with Crippen LogP contribution in [0.3, 0.4) is 0 Å². The highest BCUT2D eigenvalue weighted by atomic mass is 15.2. The fourth-order valence-electron chi connectivity index (χ4n) is 5.44. The zero-order chi connectivity index (χ0) is 28.8. The van der Waals surface area contributed by atoms with Crippen LogP contribution in [-0.2, 0) is 0 Å². The molecule has 0 aliphatic rings. The van der Waals surface area contributed by atoms with Gasteiger partial charge in [-0.15, -0.1) is 0 Å². The maximum Gasteiger partial charge on any atom is 0.146 e. The molecule has 7 aromatic carbocycles. The summed E-state index contributed by atoms with van der Waals surface area (Å²) in [5.74, 6) is 1.57. The van der Waals surface area contributed by atoms with Crippen molar-refractivity contribution < 1.29 is 0 Å². The smallest absolute Gasteiger partial charge is 0.146 e. The van der Waals surface area contributed by atoms with Crippen LogP contribution in [0, 0.1) is 0 Å². The molecule has 204 valence electrons. The van der Waals surface area contributed by atoms with Crippen molar-refractivity contribution >= 4 is 50.3 Å². The Morgan fingerprint density at radius 2 is 0.837 bits per heavy atom. The molecule has 0 bridgehead atoms. The predicted octanol–water partition coefficient (Wildman–Crippen LogP) is 10.4. The fraction of sp³-hybridized carbons (Fsp3) is 0. The van der Waals surface area contributed by atoms with E-state index in [0.29, 0.717) is 0 Å².